The van der Waals surface area contributed by atoms with Crippen LogP contribution < -0.4 is 10.6 Å². The van der Waals surface area contributed by atoms with Crippen LogP contribution in [0.2, 0.25) is 0 Å². The standard InChI is InChI=1S/C17H26N4O4/c1-3-17(2,16(24)25)20-15(23)12-9-18-21(10-12)11-14(22)19-13-7-5-4-6-8-13/h9-10,13H,3-8,11H2,1-2H3,(H,19,22)(H,20,23)(H,24,25). The molecule has 2 rings (SSSR count). The lowest BCUT2D eigenvalue weighted by Gasteiger charge is -2.24. The molecule has 0 spiro atoms. The molecule has 1 aliphatic carbocycles. The fourth-order valence-corrected chi connectivity index (χ4v) is 2.85. The first-order valence-corrected chi connectivity index (χ1v) is 8.72. The van der Waals surface area contributed by atoms with E-state index in [4.69, 9.17) is 0 Å². The Balaban J connectivity index is 1.91. The third-order valence-corrected chi connectivity index (χ3v) is 4.74. The number of rotatable bonds is 7. The first kappa shape index (κ1) is 19.0. The maximum absolute atomic E-state index is 12.2. The van der Waals surface area contributed by atoms with Crippen molar-refractivity contribution >= 4 is 17.8 Å². The number of carboxylic acids is 1. The first-order chi connectivity index (χ1) is 11.8. The van der Waals surface area contributed by atoms with Crippen molar-refractivity contribution in [1.82, 2.24) is 20.4 Å². The molecule has 0 aromatic carbocycles. The summed E-state index contributed by atoms with van der Waals surface area (Å²) in [4.78, 5) is 35.6. The molecule has 8 nitrogen and oxygen atoms in total. The largest absolute Gasteiger partial charge is 0.480 e. The highest BCUT2D eigenvalue weighted by Crippen LogP contribution is 2.17. The van der Waals surface area contributed by atoms with Crippen molar-refractivity contribution < 1.29 is 19.5 Å². The Kier molecular flexibility index (Phi) is 6.17. The zero-order valence-electron chi connectivity index (χ0n) is 14.7. The van der Waals surface area contributed by atoms with Crippen molar-refractivity contribution in [3.63, 3.8) is 0 Å². The van der Waals surface area contributed by atoms with E-state index in [1.807, 2.05) is 0 Å². The first-order valence-electron chi connectivity index (χ1n) is 8.72. The average Bonchev–Trinajstić information content (AvgIpc) is 3.03. The molecule has 8 heteroatoms. The Bertz CT molecular complexity index is 636. The number of hydrogen-bond donors (Lipinski definition) is 3. The summed E-state index contributed by atoms with van der Waals surface area (Å²) in [5, 5.41) is 18.7. The van der Waals surface area contributed by atoms with Crippen LogP contribution in [-0.4, -0.2) is 44.3 Å². The second-order valence-electron chi connectivity index (χ2n) is 6.77. The summed E-state index contributed by atoms with van der Waals surface area (Å²) < 4.78 is 1.39. The van der Waals surface area contributed by atoms with E-state index in [1.54, 1.807) is 6.92 Å². The number of aromatic nitrogens is 2. The summed E-state index contributed by atoms with van der Waals surface area (Å²) in [5.74, 6) is -1.75. The van der Waals surface area contributed by atoms with Crippen molar-refractivity contribution in [2.75, 3.05) is 0 Å². The van der Waals surface area contributed by atoms with Crippen LogP contribution >= 0.6 is 0 Å². The Labute approximate surface area is 147 Å². The number of carboxylic acid groups (broad SMARTS) is 1. The molecule has 25 heavy (non-hydrogen) atoms. The normalized spacial score (nSPS) is 17.5. The smallest absolute Gasteiger partial charge is 0.329 e. The fourth-order valence-electron chi connectivity index (χ4n) is 2.85. The van der Waals surface area contributed by atoms with Crippen molar-refractivity contribution in [2.45, 2.75) is 70.5 Å². The Morgan fingerprint density at radius 1 is 1.32 bits per heavy atom. The van der Waals surface area contributed by atoms with Gasteiger partial charge in [-0.1, -0.05) is 26.2 Å². The van der Waals surface area contributed by atoms with Gasteiger partial charge in [0, 0.05) is 12.2 Å². The van der Waals surface area contributed by atoms with Gasteiger partial charge >= 0.3 is 5.97 Å². The third-order valence-electron chi connectivity index (χ3n) is 4.74. The van der Waals surface area contributed by atoms with Crippen LogP contribution in [0.1, 0.15) is 62.7 Å². The maximum atomic E-state index is 12.2. The minimum absolute atomic E-state index is 0.0355. The van der Waals surface area contributed by atoms with Gasteiger partial charge in [0.1, 0.15) is 12.1 Å². The van der Waals surface area contributed by atoms with Crippen molar-refractivity contribution in [1.29, 1.82) is 0 Å². The van der Waals surface area contributed by atoms with Gasteiger partial charge < -0.3 is 15.7 Å². The number of aliphatic carboxylic acids is 1. The molecule has 1 aromatic rings. The third kappa shape index (κ3) is 5.04. The van der Waals surface area contributed by atoms with Crippen molar-refractivity contribution in [2.24, 2.45) is 0 Å². The van der Waals surface area contributed by atoms with Crippen LogP contribution in [-0.2, 0) is 16.1 Å². The SMILES string of the molecule is CCC(C)(NC(=O)c1cnn(CC(=O)NC2CCCCC2)c1)C(=O)O. The number of nitrogens with zero attached hydrogens (tertiary/aromatic N) is 2. The number of hydrogen-bond acceptors (Lipinski definition) is 4. The molecule has 1 aromatic heterocycles. The molecule has 3 N–H and O–H groups in total. The van der Waals surface area contributed by atoms with Gasteiger partial charge in [0.25, 0.3) is 5.91 Å². The van der Waals surface area contributed by atoms with Crippen molar-refractivity contribution in [3.05, 3.63) is 18.0 Å². The summed E-state index contributed by atoms with van der Waals surface area (Å²) >= 11 is 0. The van der Waals surface area contributed by atoms with E-state index < -0.39 is 17.4 Å². The zero-order chi connectivity index (χ0) is 18.4. The monoisotopic (exact) mass is 350 g/mol. The molecule has 1 saturated carbocycles. The molecule has 1 heterocycles. The number of amides is 2. The molecule has 1 aliphatic rings. The van der Waals surface area contributed by atoms with Crippen LogP contribution in [0.25, 0.3) is 0 Å². The molecule has 2 amide bonds. The summed E-state index contributed by atoms with van der Waals surface area (Å²) in [6.07, 6.45) is 8.54. The van der Waals surface area contributed by atoms with Crippen LogP contribution in [0.5, 0.6) is 0 Å². The van der Waals surface area contributed by atoms with E-state index in [2.05, 4.69) is 15.7 Å². The lowest BCUT2D eigenvalue weighted by Crippen LogP contribution is -2.51. The van der Waals surface area contributed by atoms with Crippen LogP contribution in [0.4, 0.5) is 0 Å². The van der Waals surface area contributed by atoms with Crippen LogP contribution in [0.3, 0.4) is 0 Å². The van der Waals surface area contributed by atoms with Gasteiger partial charge in [0.05, 0.1) is 11.8 Å². The topological polar surface area (TPSA) is 113 Å². The van der Waals surface area contributed by atoms with Gasteiger partial charge in [-0.05, 0) is 26.2 Å². The Hall–Kier alpha value is -2.38. The molecule has 1 atom stereocenters. The lowest BCUT2D eigenvalue weighted by atomic mass is 9.95. The second kappa shape index (κ2) is 8.13. The minimum Gasteiger partial charge on any atom is -0.480 e. The van der Waals surface area contributed by atoms with Crippen LogP contribution in [0, 0.1) is 0 Å². The molecular formula is C17H26N4O4. The van der Waals surface area contributed by atoms with Gasteiger partial charge in [0.2, 0.25) is 5.91 Å². The molecule has 0 radical (unpaired) electrons. The molecule has 0 bridgehead atoms. The van der Waals surface area contributed by atoms with Gasteiger partial charge in [-0.2, -0.15) is 5.10 Å². The fraction of sp³-hybridized carbons (Fsp3) is 0.647. The predicted molar refractivity (Wildman–Crippen MR) is 91.0 cm³/mol. The highest BCUT2D eigenvalue weighted by molar-refractivity contribution is 5.97. The van der Waals surface area contributed by atoms with E-state index in [-0.39, 0.29) is 30.5 Å². The summed E-state index contributed by atoms with van der Waals surface area (Å²) in [7, 11) is 0. The maximum Gasteiger partial charge on any atom is 0.329 e. The number of carbonyl (C=O) groups excluding carboxylic acids is 2. The van der Waals surface area contributed by atoms with E-state index in [9.17, 15) is 19.5 Å². The van der Waals surface area contributed by atoms with E-state index in [0.717, 1.165) is 25.7 Å². The molecule has 138 valence electrons. The molecule has 0 aliphatic heterocycles. The zero-order valence-corrected chi connectivity index (χ0v) is 14.7. The Morgan fingerprint density at radius 2 is 2.00 bits per heavy atom. The highest BCUT2D eigenvalue weighted by atomic mass is 16.4. The number of nitrogens with one attached hydrogen (secondary N) is 2. The van der Waals surface area contributed by atoms with Gasteiger partial charge in [-0.15, -0.1) is 0 Å². The molecule has 0 saturated heterocycles. The molecule has 1 unspecified atom stereocenters. The number of carbonyl (C=O) groups is 3. The minimum atomic E-state index is -1.34. The predicted octanol–water partition coefficient (Wildman–Crippen LogP) is 1.32. The average molecular weight is 350 g/mol. The lowest BCUT2D eigenvalue weighted by molar-refractivity contribution is -0.143. The van der Waals surface area contributed by atoms with E-state index >= 15 is 0 Å². The van der Waals surface area contributed by atoms with Gasteiger partial charge in [0.15, 0.2) is 0 Å². The van der Waals surface area contributed by atoms with Gasteiger partial charge in [-0.25, -0.2) is 4.79 Å². The second-order valence-corrected chi connectivity index (χ2v) is 6.77. The molecule has 1 fully saturated rings. The quantitative estimate of drug-likeness (QED) is 0.686. The Morgan fingerprint density at radius 3 is 2.60 bits per heavy atom. The van der Waals surface area contributed by atoms with Crippen LogP contribution in [0.15, 0.2) is 12.4 Å². The van der Waals surface area contributed by atoms with E-state index in [0.29, 0.717) is 0 Å². The van der Waals surface area contributed by atoms with Crippen molar-refractivity contribution in [3.8, 4) is 0 Å². The van der Waals surface area contributed by atoms with Gasteiger partial charge in [-0.3, -0.25) is 14.3 Å². The molecular weight excluding hydrogens is 324 g/mol. The summed E-state index contributed by atoms with van der Waals surface area (Å²) in [5.41, 5.74) is -1.11. The highest BCUT2D eigenvalue weighted by Gasteiger charge is 2.33. The summed E-state index contributed by atoms with van der Waals surface area (Å²) in [6, 6.07) is 0.223. The summed E-state index contributed by atoms with van der Waals surface area (Å²) in [6.45, 7) is 3.18. The van der Waals surface area contributed by atoms with E-state index in [1.165, 1.54) is 30.4 Å².